The molecule has 3 heteroatoms. The summed E-state index contributed by atoms with van der Waals surface area (Å²) in [5.74, 6) is 0. The maximum Gasteiger partial charge on any atom is 0.167 e. The predicted octanol–water partition coefficient (Wildman–Crippen LogP) is 2.99. The number of aromatic nitrogens is 1. The lowest BCUT2D eigenvalue weighted by Crippen LogP contribution is -2.37. The van der Waals surface area contributed by atoms with Crippen LogP contribution in [0.3, 0.4) is 0 Å². The fourth-order valence-corrected chi connectivity index (χ4v) is 3.17. The van der Waals surface area contributed by atoms with E-state index in [1.807, 2.05) is 12.3 Å². The first-order chi connectivity index (χ1) is 8.36. The molecule has 17 heavy (non-hydrogen) atoms. The summed E-state index contributed by atoms with van der Waals surface area (Å²) in [6, 6.07) is 6.21. The van der Waals surface area contributed by atoms with Crippen molar-refractivity contribution in [2.24, 2.45) is 5.73 Å². The Labute approximate surface area is 101 Å². The van der Waals surface area contributed by atoms with Crippen LogP contribution in [0.25, 0.3) is 11.0 Å². The van der Waals surface area contributed by atoms with Crippen LogP contribution < -0.4 is 5.73 Å². The van der Waals surface area contributed by atoms with Gasteiger partial charge >= 0.3 is 0 Å². The van der Waals surface area contributed by atoms with Crippen LogP contribution in [0.5, 0.6) is 0 Å². The van der Waals surface area contributed by atoms with Crippen LogP contribution in [0.2, 0.25) is 0 Å². The van der Waals surface area contributed by atoms with E-state index in [1.165, 1.54) is 37.7 Å². The summed E-state index contributed by atoms with van der Waals surface area (Å²) < 4.78 is 5.25. The molecular weight excluding hydrogens is 212 g/mol. The molecular formula is C14H18N2O. The molecule has 0 amide bonds. The minimum atomic E-state index is 0.142. The van der Waals surface area contributed by atoms with Crippen LogP contribution in [0.4, 0.5) is 0 Å². The Kier molecular flexibility index (Phi) is 2.63. The molecule has 1 heterocycles. The molecule has 1 fully saturated rings. The maximum absolute atomic E-state index is 6.08. The Hall–Kier alpha value is -1.35. The second-order valence-corrected chi connectivity index (χ2v) is 5.09. The zero-order valence-electron chi connectivity index (χ0n) is 9.98. The van der Waals surface area contributed by atoms with Gasteiger partial charge in [-0.15, -0.1) is 0 Å². The quantitative estimate of drug-likeness (QED) is 0.862. The van der Waals surface area contributed by atoms with Crippen molar-refractivity contribution in [3.8, 4) is 0 Å². The Morgan fingerprint density at radius 3 is 2.82 bits per heavy atom. The molecule has 0 aliphatic heterocycles. The average Bonchev–Trinajstić information content (AvgIpc) is 2.87. The van der Waals surface area contributed by atoms with Crippen LogP contribution in [0.15, 0.2) is 28.9 Å². The van der Waals surface area contributed by atoms with E-state index in [4.69, 9.17) is 10.3 Å². The molecule has 0 saturated heterocycles. The average molecular weight is 230 g/mol. The molecule has 2 aromatic rings. The van der Waals surface area contributed by atoms with Gasteiger partial charge in [-0.3, -0.25) is 0 Å². The Balaban J connectivity index is 2.14. The van der Waals surface area contributed by atoms with Crippen molar-refractivity contribution in [3.05, 3.63) is 30.0 Å². The predicted molar refractivity (Wildman–Crippen MR) is 67.8 cm³/mol. The number of nitrogens with zero attached hydrogens (tertiary/aromatic N) is 1. The van der Waals surface area contributed by atoms with Gasteiger partial charge in [-0.05, 0) is 24.5 Å². The summed E-state index contributed by atoms with van der Waals surface area (Å²) in [6.07, 6.45) is 8.09. The number of fused-ring (bicyclic) bond motifs is 1. The van der Waals surface area contributed by atoms with Crippen molar-refractivity contribution < 1.29 is 4.52 Å². The molecule has 1 aromatic carbocycles. The number of hydrogen-bond donors (Lipinski definition) is 1. The van der Waals surface area contributed by atoms with Crippen LogP contribution in [0.1, 0.15) is 37.7 Å². The van der Waals surface area contributed by atoms with Gasteiger partial charge in [0.25, 0.3) is 0 Å². The number of benzene rings is 1. The first-order valence-corrected chi connectivity index (χ1v) is 6.40. The number of rotatable bonds is 2. The molecule has 2 N–H and O–H groups in total. The summed E-state index contributed by atoms with van der Waals surface area (Å²) >= 11 is 0. The smallest absolute Gasteiger partial charge is 0.167 e. The zero-order valence-corrected chi connectivity index (χ0v) is 9.98. The number of nitrogens with two attached hydrogens (primary N) is 1. The van der Waals surface area contributed by atoms with Gasteiger partial charge in [-0.1, -0.05) is 36.6 Å². The normalized spacial score (nSPS) is 19.6. The summed E-state index contributed by atoms with van der Waals surface area (Å²) in [6.45, 7) is 0.720. The van der Waals surface area contributed by atoms with Crippen LogP contribution in [-0.2, 0) is 5.41 Å². The topological polar surface area (TPSA) is 52.0 Å². The minimum Gasteiger partial charge on any atom is -0.356 e. The van der Waals surface area contributed by atoms with Crippen molar-refractivity contribution in [3.63, 3.8) is 0 Å². The van der Waals surface area contributed by atoms with E-state index < -0.39 is 0 Å². The van der Waals surface area contributed by atoms with Gasteiger partial charge in [0.2, 0.25) is 0 Å². The molecule has 0 unspecified atom stereocenters. The van der Waals surface area contributed by atoms with E-state index in [1.54, 1.807) is 0 Å². The van der Waals surface area contributed by atoms with E-state index in [0.29, 0.717) is 0 Å². The zero-order chi connectivity index (χ0) is 11.7. The second kappa shape index (κ2) is 4.15. The highest BCUT2D eigenvalue weighted by molar-refractivity contribution is 5.81. The van der Waals surface area contributed by atoms with Crippen LogP contribution in [0, 0.1) is 0 Å². The third-order valence-corrected chi connectivity index (χ3v) is 4.17. The fourth-order valence-electron chi connectivity index (χ4n) is 3.17. The molecule has 0 radical (unpaired) electrons. The van der Waals surface area contributed by atoms with Crippen molar-refractivity contribution >= 4 is 11.0 Å². The summed E-state index contributed by atoms with van der Waals surface area (Å²) in [7, 11) is 0. The lowest BCUT2D eigenvalue weighted by molar-refractivity contribution is 0.303. The van der Waals surface area contributed by atoms with Gasteiger partial charge in [0.1, 0.15) is 0 Å². The molecule has 0 atom stereocenters. The van der Waals surface area contributed by atoms with E-state index >= 15 is 0 Å². The molecule has 3 nitrogen and oxygen atoms in total. The van der Waals surface area contributed by atoms with Crippen LogP contribution >= 0.6 is 0 Å². The van der Waals surface area contributed by atoms with E-state index in [2.05, 4.69) is 17.3 Å². The summed E-state index contributed by atoms with van der Waals surface area (Å²) in [5.41, 5.74) is 8.43. The Morgan fingerprint density at radius 1 is 1.24 bits per heavy atom. The monoisotopic (exact) mass is 230 g/mol. The summed E-state index contributed by atoms with van der Waals surface area (Å²) in [4.78, 5) is 0. The van der Waals surface area contributed by atoms with Gasteiger partial charge in [0.15, 0.2) is 5.58 Å². The third kappa shape index (κ3) is 1.65. The Morgan fingerprint density at radius 2 is 2.06 bits per heavy atom. The van der Waals surface area contributed by atoms with Gasteiger partial charge in [0, 0.05) is 17.3 Å². The fraction of sp³-hybridized carbons (Fsp3) is 0.500. The van der Waals surface area contributed by atoms with E-state index in [0.717, 1.165) is 17.5 Å². The van der Waals surface area contributed by atoms with E-state index in [9.17, 15) is 0 Å². The largest absolute Gasteiger partial charge is 0.356 e. The SMILES string of the molecule is NCC1(c2cccc3oncc23)CCCCC1. The molecule has 0 bridgehead atoms. The molecule has 90 valence electrons. The van der Waals surface area contributed by atoms with E-state index in [-0.39, 0.29) is 5.41 Å². The van der Waals surface area contributed by atoms with Gasteiger partial charge in [-0.2, -0.15) is 0 Å². The maximum atomic E-state index is 6.08. The Bertz CT molecular complexity index is 512. The molecule has 0 spiro atoms. The standard InChI is InChI=1S/C14H18N2O/c15-10-14(7-2-1-3-8-14)12-5-4-6-13-11(12)9-16-17-13/h4-6,9H,1-3,7-8,10,15H2. The highest BCUT2D eigenvalue weighted by Crippen LogP contribution is 2.41. The lowest BCUT2D eigenvalue weighted by Gasteiger charge is -2.37. The van der Waals surface area contributed by atoms with Crippen molar-refractivity contribution in [1.29, 1.82) is 0 Å². The first kappa shape index (κ1) is 10.8. The highest BCUT2D eigenvalue weighted by Gasteiger charge is 2.34. The van der Waals surface area contributed by atoms with Gasteiger partial charge < -0.3 is 10.3 Å². The first-order valence-electron chi connectivity index (χ1n) is 6.40. The second-order valence-electron chi connectivity index (χ2n) is 5.09. The summed E-state index contributed by atoms with van der Waals surface area (Å²) in [5, 5.41) is 5.05. The van der Waals surface area contributed by atoms with Crippen molar-refractivity contribution in [2.45, 2.75) is 37.5 Å². The van der Waals surface area contributed by atoms with Gasteiger partial charge in [-0.25, -0.2) is 0 Å². The van der Waals surface area contributed by atoms with Crippen LogP contribution in [-0.4, -0.2) is 11.7 Å². The molecule has 1 aliphatic carbocycles. The number of hydrogen-bond acceptors (Lipinski definition) is 3. The molecule has 1 saturated carbocycles. The molecule has 3 rings (SSSR count). The third-order valence-electron chi connectivity index (χ3n) is 4.17. The van der Waals surface area contributed by atoms with Gasteiger partial charge in [0.05, 0.1) is 6.20 Å². The minimum absolute atomic E-state index is 0.142. The highest BCUT2D eigenvalue weighted by atomic mass is 16.5. The van der Waals surface area contributed by atoms with Crippen molar-refractivity contribution in [2.75, 3.05) is 6.54 Å². The molecule has 1 aliphatic rings. The molecule has 1 aromatic heterocycles. The lowest BCUT2D eigenvalue weighted by atomic mass is 9.69. The van der Waals surface area contributed by atoms with Crippen molar-refractivity contribution in [1.82, 2.24) is 5.16 Å².